The van der Waals surface area contributed by atoms with Gasteiger partial charge in [0.15, 0.2) is 0 Å². The number of carbonyl (C=O) groups is 2. The molecule has 5 nitrogen and oxygen atoms in total. The molecule has 0 spiro atoms. The van der Waals surface area contributed by atoms with Gasteiger partial charge < -0.3 is 14.9 Å². The van der Waals surface area contributed by atoms with Gasteiger partial charge in [-0.3, -0.25) is 9.59 Å². The molecule has 2 N–H and O–H groups in total. The highest BCUT2D eigenvalue weighted by molar-refractivity contribution is 5.84. The van der Waals surface area contributed by atoms with Crippen LogP contribution < -0.4 is 0 Å². The van der Waals surface area contributed by atoms with Crippen molar-refractivity contribution >= 4 is 11.8 Å². The number of aliphatic hydroxyl groups is 2. The van der Waals surface area contributed by atoms with E-state index in [9.17, 15) is 19.8 Å². The van der Waals surface area contributed by atoms with Gasteiger partial charge in [-0.2, -0.15) is 0 Å². The molecule has 2 fully saturated rings. The van der Waals surface area contributed by atoms with Crippen molar-refractivity contribution in [1.82, 2.24) is 0 Å². The van der Waals surface area contributed by atoms with E-state index in [0.717, 1.165) is 44.9 Å². The first kappa shape index (κ1) is 24.8. The summed E-state index contributed by atoms with van der Waals surface area (Å²) in [7, 11) is 1.39. The molecule has 1 unspecified atom stereocenters. The van der Waals surface area contributed by atoms with Gasteiger partial charge in [0.2, 0.25) is 0 Å². The SMILES string of the molecule is CCCCC1(C(O)CC=C[C@H]2[C@H](O)CC(=O)[C@@H]2CC=CCCCC(=O)OC)CCC1. The van der Waals surface area contributed by atoms with Gasteiger partial charge in [0.1, 0.15) is 5.78 Å². The highest BCUT2D eigenvalue weighted by Crippen LogP contribution is 2.49. The molecule has 2 aliphatic rings. The van der Waals surface area contributed by atoms with Crippen LogP contribution in [-0.4, -0.2) is 41.3 Å². The number of carbonyl (C=O) groups excluding carboxylic acids is 2. The largest absolute Gasteiger partial charge is 0.469 e. The van der Waals surface area contributed by atoms with Crippen molar-refractivity contribution in [2.24, 2.45) is 17.3 Å². The molecular formula is C25H40O5. The zero-order chi connectivity index (χ0) is 22.0. The number of esters is 1. The normalized spacial score (nSPS) is 26.9. The molecule has 2 saturated carbocycles. The minimum atomic E-state index is -0.638. The second-order valence-electron chi connectivity index (χ2n) is 9.10. The number of allylic oxidation sites excluding steroid dienone is 2. The number of unbranched alkanes of at least 4 members (excludes halogenated alkanes) is 2. The average Bonchev–Trinajstić information content (AvgIpc) is 2.96. The Morgan fingerprint density at radius 3 is 2.67 bits per heavy atom. The van der Waals surface area contributed by atoms with Gasteiger partial charge in [0, 0.05) is 24.7 Å². The number of rotatable bonds is 13. The quantitative estimate of drug-likeness (QED) is 0.260. The number of hydrogen-bond acceptors (Lipinski definition) is 5. The lowest BCUT2D eigenvalue weighted by Gasteiger charge is -2.45. The fourth-order valence-corrected chi connectivity index (χ4v) is 4.88. The summed E-state index contributed by atoms with van der Waals surface area (Å²) < 4.78 is 4.62. The van der Waals surface area contributed by atoms with Crippen molar-refractivity contribution in [3.05, 3.63) is 24.3 Å². The molecule has 0 aromatic heterocycles. The molecule has 4 atom stereocenters. The summed E-state index contributed by atoms with van der Waals surface area (Å²) in [5.41, 5.74) is 0.0802. The number of ether oxygens (including phenoxy) is 1. The maximum atomic E-state index is 12.3. The van der Waals surface area contributed by atoms with Crippen LogP contribution in [0.3, 0.4) is 0 Å². The summed E-state index contributed by atoms with van der Waals surface area (Å²) in [6.45, 7) is 2.19. The molecule has 0 aromatic rings. The zero-order valence-corrected chi connectivity index (χ0v) is 18.7. The molecule has 30 heavy (non-hydrogen) atoms. The van der Waals surface area contributed by atoms with Crippen molar-refractivity contribution in [2.75, 3.05) is 7.11 Å². The zero-order valence-electron chi connectivity index (χ0n) is 18.7. The van der Waals surface area contributed by atoms with Gasteiger partial charge >= 0.3 is 5.97 Å². The van der Waals surface area contributed by atoms with Crippen LogP contribution in [0.15, 0.2) is 24.3 Å². The van der Waals surface area contributed by atoms with Crippen molar-refractivity contribution in [3.63, 3.8) is 0 Å². The topological polar surface area (TPSA) is 83.8 Å². The molecule has 0 aliphatic heterocycles. The van der Waals surface area contributed by atoms with E-state index >= 15 is 0 Å². The maximum absolute atomic E-state index is 12.3. The van der Waals surface area contributed by atoms with Gasteiger partial charge in [0.05, 0.1) is 19.3 Å². The standard InChI is InChI=1S/C25H40O5/c1-3-4-15-25(16-10-17-25)23(28)13-9-12-20-19(21(26)18-22(20)27)11-7-5-6-8-14-24(29)30-2/h5,7,9,12,19-20,22-23,27-28H,3-4,6,8,10-11,13-18H2,1-2H3/t19-,20-,22-,23?/m1/s1. The molecule has 0 saturated heterocycles. The molecule has 2 aliphatic carbocycles. The fourth-order valence-electron chi connectivity index (χ4n) is 4.88. The Balaban J connectivity index is 1.83. The Morgan fingerprint density at radius 2 is 2.03 bits per heavy atom. The van der Waals surface area contributed by atoms with E-state index in [0.29, 0.717) is 19.3 Å². The third-order valence-corrected chi connectivity index (χ3v) is 7.07. The molecule has 2 rings (SSSR count). The lowest BCUT2D eigenvalue weighted by atomic mass is 9.62. The van der Waals surface area contributed by atoms with Gasteiger partial charge in [0.25, 0.3) is 0 Å². The minimum absolute atomic E-state index is 0.0802. The van der Waals surface area contributed by atoms with Gasteiger partial charge in [-0.05, 0) is 50.4 Å². The van der Waals surface area contributed by atoms with Crippen LogP contribution in [-0.2, 0) is 14.3 Å². The Hall–Kier alpha value is -1.46. The minimum Gasteiger partial charge on any atom is -0.469 e. The van der Waals surface area contributed by atoms with E-state index in [1.54, 1.807) is 0 Å². The monoisotopic (exact) mass is 420 g/mol. The Morgan fingerprint density at radius 1 is 1.27 bits per heavy atom. The predicted octanol–water partition coefficient (Wildman–Crippen LogP) is 4.51. The van der Waals surface area contributed by atoms with Crippen molar-refractivity contribution in [1.29, 1.82) is 0 Å². The molecule has 170 valence electrons. The van der Waals surface area contributed by atoms with E-state index in [-0.39, 0.29) is 41.5 Å². The molecule has 0 aromatic carbocycles. The number of Topliss-reactive ketones (excluding diaryl/α,β-unsaturated/α-hetero) is 1. The Kier molecular flexibility index (Phi) is 10.3. The highest BCUT2D eigenvalue weighted by Gasteiger charge is 2.42. The summed E-state index contributed by atoms with van der Waals surface area (Å²) in [6.07, 6.45) is 17.1. The number of hydrogen-bond donors (Lipinski definition) is 2. The van der Waals surface area contributed by atoms with Crippen molar-refractivity contribution < 1.29 is 24.5 Å². The van der Waals surface area contributed by atoms with Gasteiger partial charge in [-0.25, -0.2) is 0 Å². The lowest BCUT2D eigenvalue weighted by Crippen LogP contribution is -2.41. The van der Waals surface area contributed by atoms with Gasteiger partial charge in [-0.15, -0.1) is 0 Å². The molecule has 0 amide bonds. The molecule has 5 heteroatoms. The smallest absolute Gasteiger partial charge is 0.305 e. The summed E-state index contributed by atoms with van der Waals surface area (Å²) in [5, 5.41) is 21.1. The number of methoxy groups -OCH3 is 1. The van der Waals surface area contributed by atoms with Crippen LogP contribution in [0.4, 0.5) is 0 Å². The number of ketones is 1. The average molecular weight is 421 g/mol. The summed E-state index contributed by atoms with van der Waals surface area (Å²) in [6, 6.07) is 0. The van der Waals surface area contributed by atoms with Crippen LogP contribution in [0.1, 0.15) is 84.0 Å². The van der Waals surface area contributed by atoms with Crippen LogP contribution in [0, 0.1) is 17.3 Å². The van der Waals surface area contributed by atoms with Crippen LogP contribution in [0.2, 0.25) is 0 Å². The third kappa shape index (κ3) is 6.78. The third-order valence-electron chi connectivity index (χ3n) is 7.07. The summed E-state index contributed by atoms with van der Waals surface area (Å²) >= 11 is 0. The van der Waals surface area contributed by atoms with E-state index in [1.165, 1.54) is 13.5 Å². The highest BCUT2D eigenvalue weighted by atomic mass is 16.5. The second kappa shape index (κ2) is 12.4. The van der Waals surface area contributed by atoms with E-state index in [2.05, 4.69) is 11.7 Å². The number of aliphatic hydroxyl groups excluding tert-OH is 2. The van der Waals surface area contributed by atoms with Crippen molar-refractivity contribution in [2.45, 2.75) is 96.2 Å². The lowest BCUT2D eigenvalue weighted by molar-refractivity contribution is -0.140. The predicted molar refractivity (Wildman–Crippen MR) is 118 cm³/mol. The Labute approximate surface area is 181 Å². The molecule has 0 heterocycles. The van der Waals surface area contributed by atoms with Crippen molar-refractivity contribution in [3.8, 4) is 0 Å². The van der Waals surface area contributed by atoms with Crippen LogP contribution >= 0.6 is 0 Å². The first-order chi connectivity index (χ1) is 14.4. The molecular weight excluding hydrogens is 380 g/mol. The first-order valence-corrected chi connectivity index (χ1v) is 11.7. The maximum Gasteiger partial charge on any atom is 0.305 e. The fraction of sp³-hybridized carbons (Fsp3) is 0.760. The molecule has 0 bridgehead atoms. The summed E-state index contributed by atoms with van der Waals surface area (Å²) in [4.78, 5) is 23.5. The van der Waals surface area contributed by atoms with E-state index < -0.39 is 6.10 Å². The van der Waals surface area contributed by atoms with Crippen LogP contribution in [0.5, 0.6) is 0 Å². The second-order valence-corrected chi connectivity index (χ2v) is 9.10. The summed E-state index contributed by atoms with van der Waals surface area (Å²) in [5.74, 6) is -0.487. The Bertz CT molecular complexity index is 605. The van der Waals surface area contributed by atoms with E-state index in [1.807, 2.05) is 24.3 Å². The van der Waals surface area contributed by atoms with E-state index in [4.69, 9.17) is 0 Å². The van der Waals surface area contributed by atoms with Gasteiger partial charge in [-0.1, -0.05) is 50.5 Å². The van der Waals surface area contributed by atoms with Crippen LogP contribution in [0.25, 0.3) is 0 Å². The molecule has 0 radical (unpaired) electrons. The first-order valence-electron chi connectivity index (χ1n) is 11.7.